The average molecular weight is 816 g/mol. The van der Waals surface area contributed by atoms with E-state index in [0.717, 1.165) is 59.2 Å². The van der Waals surface area contributed by atoms with Gasteiger partial charge in [-0.3, -0.25) is 9.36 Å². The second-order valence-corrected chi connectivity index (χ2v) is 17.2. The van der Waals surface area contributed by atoms with Crippen molar-refractivity contribution in [1.29, 1.82) is 0 Å². The number of aliphatic hydroxyl groups is 1. The van der Waals surface area contributed by atoms with Gasteiger partial charge in [-0.15, -0.1) is 0 Å². The van der Waals surface area contributed by atoms with Gasteiger partial charge in [-0.2, -0.15) is 4.72 Å². The summed E-state index contributed by atoms with van der Waals surface area (Å²) in [6, 6.07) is 37.6. The molecule has 3 heterocycles. The Bertz CT molecular complexity index is 2530. The van der Waals surface area contributed by atoms with E-state index in [1.54, 1.807) is 24.3 Å². The molecule has 12 nitrogen and oxygen atoms in total. The molecular weight excluding hydrogens is 767 g/mol. The molecule has 0 spiro atoms. The van der Waals surface area contributed by atoms with Crippen molar-refractivity contribution < 1.29 is 27.8 Å². The van der Waals surface area contributed by atoms with Crippen LogP contribution in [0.15, 0.2) is 137 Å². The first-order valence-corrected chi connectivity index (χ1v) is 21.6. The Morgan fingerprint density at radius 1 is 0.847 bits per heavy atom. The number of carbonyl (C=O) groups is 1. The molecule has 2 aliphatic rings. The molecule has 8 rings (SSSR count). The highest BCUT2D eigenvalue weighted by Crippen LogP contribution is 2.39. The number of ether oxygens (including phenoxy) is 2. The zero-order valence-electron chi connectivity index (χ0n) is 32.9. The van der Waals surface area contributed by atoms with Crippen LogP contribution in [0.2, 0.25) is 0 Å². The highest BCUT2D eigenvalue weighted by Gasteiger charge is 2.35. The Morgan fingerprint density at radius 2 is 1.58 bits per heavy atom. The van der Waals surface area contributed by atoms with E-state index in [2.05, 4.69) is 19.9 Å². The molecule has 2 aliphatic heterocycles. The summed E-state index contributed by atoms with van der Waals surface area (Å²) in [6.45, 7) is 4.09. The number of anilines is 1. The summed E-state index contributed by atoms with van der Waals surface area (Å²) < 4.78 is 44.9. The van der Waals surface area contributed by atoms with Gasteiger partial charge in [0.15, 0.2) is 6.29 Å². The van der Waals surface area contributed by atoms with Crippen LogP contribution >= 0.6 is 0 Å². The molecule has 13 heteroatoms. The van der Waals surface area contributed by atoms with Crippen molar-refractivity contribution in [3.63, 3.8) is 0 Å². The molecule has 306 valence electrons. The average Bonchev–Trinajstić information content (AvgIpc) is 3.59. The number of benzene rings is 5. The van der Waals surface area contributed by atoms with Crippen molar-refractivity contribution >= 4 is 32.7 Å². The van der Waals surface area contributed by atoms with Crippen LogP contribution in [0.3, 0.4) is 0 Å². The first-order chi connectivity index (χ1) is 28.6. The van der Waals surface area contributed by atoms with Crippen LogP contribution in [0.5, 0.6) is 0 Å². The zero-order valence-corrected chi connectivity index (χ0v) is 33.7. The van der Waals surface area contributed by atoms with Crippen LogP contribution in [0.1, 0.15) is 65.5 Å². The molecule has 59 heavy (non-hydrogen) atoms. The van der Waals surface area contributed by atoms with Gasteiger partial charge in [-0.25, -0.2) is 13.2 Å². The summed E-state index contributed by atoms with van der Waals surface area (Å²) in [7, 11) is -4.03. The van der Waals surface area contributed by atoms with Crippen molar-refractivity contribution in [3.8, 4) is 0 Å². The van der Waals surface area contributed by atoms with Crippen LogP contribution in [0, 0.1) is 6.92 Å². The molecule has 0 saturated carbocycles. The standard InChI is InChI=1S/C46H49N5O7S/c1-31-14-20-39(21-15-31)59(55,56)49-41(26-32-8-3-2-4-9-32)44(53)47-36-11-7-10-35(27-36)45-57-38(28-43(58-45)34-18-16-33(30-52)17-19-34)29-50-24-22-37(23-25-50)51-42-13-6-5-12-40(42)48-46(51)54/h2-21,27,37-38,41,43,45,49,52H,22-26,28-30H2,1H3,(H,47,53)(H,48,54). The minimum absolute atomic E-state index is 0.0566. The van der Waals surface area contributed by atoms with Gasteiger partial charge < -0.3 is 29.8 Å². The Labute approximate surface area is 343 Å². The number of hydrogen-bond donors (Lipinski definition) is 4. The summed E-state index contributed by atoms with van der Waals surface area (Å²) in [5.74, 6) is -0.509. The Morgan fingerprint density at radius 3 is 2.32 bits per heavy atom. The molecule has 2 fully saturated rings. The third kappa shape index (κ3) is 9.57. The fourth-order valence-corrected chi connectivity index (χ4v) is 9.32. The van der Waals surface area contributed by atoms with Crippen LogP contribution in [-0.2, 0) is 37.3 Å². The quantitative estimate of drug-likeness (QED) is 0.103. The van der Waals surface area contributed by atoms with E-state index in [0.29, 0.717) is 24.2 Å². The molecule has 4 atom stereocenters. The lowest BCUT2D eigenvalue weighted by atomic mass is 9.98. The lowest BCUT2D eigenvalue weighted by Gasteiger charge is -2.40. The normalized spacial score (nSPS) is 19.7. The number of sulfonamides is 1. The summed E-state index contributed by atoms with van der Waals surface area (Å²) in [5, 5.41) is 12.6. The number of nitrogens with one attached hydrogen (secondary N) is 3. The van der Waals surface area contributed by atoms with Crippen LogP contribution in [0.4, 0.5) is 5.69 Å². The SMILES string of the molecule is Cc1ccc(S(=O)(=O)NC(Cc2ccccc2)C(=O)Nc2cccc(C3OC(CN4CCC(n5c(=O)[nH]c6ccccc65)CC4)CC(c4ccc(CO)cc4)O3)c2)cc1. The molecule has 2 saturated heterocycles. The number of rotatable bonds is 13. The van der Waals surface area contributed by atoms with Crippen molar-refractivity contribution in [3.05, 3.63) is 166 Å². The third-order valence-electron chi connectivity index (χ3n) is 11.3. The molecular formula is C46H49N5O7S. The molecule has 4 N–H and O–H groups in total. The Balaban J connectivity index is 0.991. The van der Waals surface area contributed by atoms with Gasteiger partial charge in [-0.05, 0) is 79.3 Å². The summed E-state index contributed by atoms with van der Waals surface area (Å²) in [5.41, 5.74) is 6.35. The second kappa shape index (κ2) is 17.8. The van der Waals surface area contributed by atoms with Crippen LogP contribution < -0.4 is 15.7 Å². The highest BCUT2D eigenvalue weighted by atomic mass is 32.2. The largest absolute Gasteiger partial charge is 0.392 e. The number of likely N-dealkylation sites (tertiary alicyclic amines) is 1. The molecule has 4 unspecified atom stereocenters. The number of hydrogen-bond acceptors (Lipinski definition) is 8. The molecule has 0 bridgehead atoms. The zero-order chi connectivity index (χ0) is 40.9. The van der Waals surface area contributed by atoms with Crippen molar-refractivity contribution in [2.45, 2.75) is 74.7 Å². The Kier molecular flexibility index (Phi) is 12.2. The number of aromatic nitrogens is 2. The van der Waals surface area contributed by atoms with Crippen LogP contribution in [-0.4, -0.2) is 65.7 Å². The predicted octanol–water partition coefficient (Wildman–Crippen LogP) is 6.54. The topological polar surface area (TPSA) is 155 Å². The summed E-state index contributed by atoms with van der Waals surface area (Å²) in [4.78, 5) is 32.3. The third-order valence-corrected chi connectivity index (χ3v) is 12.8. The number of H-pyrrole nitrogens is 1. The van der Waals surface area contributed by atoms with Crippen LogP contribution in [0.25, 0.3) is 11.0 Å². The lowest BCUT2D eigenvalue weighted by Crippen LogP contribution is -2.45. The minimum Gasteiger partial charge on any atom is -0.392 e. The van der Waals surface area contributed by atoms with Crippen molar-refractivity contribution in [2.24, 2.45) is 0 Å². The number of imidazole rings is 1. The van der Waals surface area contributed by atoms with Gasteiger partial charge in [0.2, 0.25) is 15.9 Å². The van der Waals surface area contributed by atoms with Gasteiger partial charge in [-0.1, -0.05) is 96.6 Å². The van der Waals surface area contributed by atoms with E-state index >= 15 is 0 Å². The first-order valence-electron chi connectivity index (χ1n) is 20.1. The maximum absolute atomic E-state index is 14.0. The predicted molar refractivity (Wildman–Crippen MR) is 226 cm³/mol. The van der Waals surface area contributed by atoms with Gasteiger partial charge in [0.05, 0.1) is 34.7 Å². The number of aromatic amines is 1. The second-order valence-electron chi connectivity index (χ2n) is 15.5. The summed E-state index contributed by atoms with van der Waals surface area (Å²) >= 11 is 0. The van der Waals surface area contributed by atoms with E-state index in [-0.39, 0.29) is 41.9 Å². The smallest absolute Gasteiger partial charge is 0.326 e. The van der Waals surface area contributed by atoms with E-state index in [9.17, 15) is 23.1 Å². The molecule has 0 aliphatic carbocycles. The maximum Gasteiger partial charge on any atom is 0.326 e. The highest BCUT2D eigenvalue weighted by molar-refractivity contribution is 7.89. The Hall–Kier alpha value is -5.41. The van der Waals surface area contributed by atoms with E-state index in [1.165, 1.54) is 12.1 Å². The molecule has 0 radical (unpaired) electrons. The summed E-state index contributed by atoms with van der Waals surface area (Å²) in [6.07, 6.45) is 1.13. The monoisotopic (exact) mass is 815 g/mol. The van der Waals surface area contributed by atoms with Crippen molar-refractivity contribution in [1.82, 2.24) is 19.2 Å². The molecule has 1 amide bonds. The number of aliphatic hydroxyl groups excluding tert-OH is 1. The number of aryl methyl sites for hydroxylation is 1. The lowest BCUT2D eigenvalue weighted by molar-refractivity contribution is -0.253. The van der Waals surface area contributed by atoms with E-state index in [1.807, 2.05) is 102 Å². The minimum atomic E-state index is -4.03. The van der Waals surface area contributed by atoms with E-state index < -0.39 is 28.3 Å². The molecule has 5 aromatic carbocycles. The fraction of sp³-hybridized carbons (Fsp3) is 0.304. The van der Waals surface area contributed by atoms with Gasteiger partial charge in [0.1, 0.15) is 6.04 Å². The number of fused-ring (bicyclic) bond motifs is 1. The van der Waals surface area contributed by atoms with Gasteiger partial charge in [0.25, 0.3) is 0 Å². The van der Waals surface area contributed by atoms with Gasteiger partial charge >= 0.3 is 5.69 Å². The number of nitrogens with zero attached hydrogens (tertiary/aromatic N) is 2. The molecule has 1 aromatic heterocycles. The van der Waals surface area contributed by atoms with Gasteiger partial charge in [0, 0.05) is 43.3 Å². The number of para-hydroxylation sites is 2. The number of piperidine rings is 1. The molecule has 6 aromatic rings. The van der Waals surface area contributed by atoms with E-state index in [4.69, 9.17) is 9.47 Å². The van der Waals surface area contributed by atoms with Crippen molar-refractivity contribution in [2.75, 3.05) is 25.0 Å². The number of amides is 1. The number of carbonyl (C=O) groups excluding carboxylic acids is 1. The first kappa shape index (κ1) is 40.4. The maximum atomic E-state index is 14.0. The fourth-order valence-electron chi connectivity index (χ4n) is 8.12.